The lowest BCUT2D eigenvalue weighted by Crippen LogP contribution is -2.16. The third-order valence-corrected chi connectivity index (χ3v) is 3.71. The number of methoxy groups -OCH3 is 2. The zero-order chi connectivity index (χ0) is 18.5. The monoisotopic (exact) mass is 351 g/mol. The molecule has 1 aromatic heterocycles. The fourth-order valence-corrected chi connectivity index (χ4v) is 2.46. The highest BCUT2D eigenvalue weighted by Crippen LogP contribution is 2.28. The Morgan fingerprint density at radius 2 is 1.77 bits per heavy atom. The highest BCUT2D eigenvalue weighted by atomic mass is 16.5. The summed E-state index contributed by atoms with van der Waals surface area (Å²) >= 11 is 0. The van der Waals surface area contributed by atoms with Crippen molar-refractivity contribution in [3.63, 3.8) is 0 Å². The molecule has 0 fully saturated rings. The van der Waals surface area contributed by atoms with Gasteiger partial charge in [-0.1, -0.05) is 24.3 Å². The normalized spacial score (nSPS) is 11.2. The van der Waals surface area contributed by atoms with Gasteiger partial charge in [0.25, 0.3) is 0 Å². The molecule has 2 aromatic carbocycles. The maximum absolute atomic E-state index is 12.0. The number of fused-ring (bicyclic) bond motifs is 1. The minimum atomic E-state index is -0.685. The number of ether oxygens (including phenoxy) is 2. The van der Waals surface area contributed by atoms with Crippen LogP contribution in [0.15, 0.2) is 60.3 Å². The van der Waals surface area contributed by atoms with Gasteiger partial charge in [-0.05, 0) is 24.3 Å². The topological polar surface area (TPSA) is 93.3 Å². The molecule has 0 aliphatic carbocycles. The lowest BCUT2D eigenvalue weighted by molar-refractivity contribution is -0.138. The Morgan fingerprint density at radius 1 is 1.04 bits per heavy atom. The van der Waals surface area contributed by atoms with Crippen LogP contribution in [0.25, 0.3) is 22.4 Å². The molecule has 0 spiro atoms. The van der Waals surface area contributed by atoms with Crippen LogP contribution in [-0.4, -0.2) is 36.1 Å². The molecular weight excluding hydrogens is 334 g/mol. The van der Waals surface area contributed by atoms with Crippen molar-refractivity contribution in [2.24, 2.45) is 0 Å². The minimum Gasteiger partial charge on any atom is -0.466 e. The number of carbonyl (C=O) groups is 2. The van der Waals surface area contributed by atoms with E-state index in [1.807, 2.05) is 42.5 Å². The van der Waals surface area contributed by atoms with Crippen LogP contribution >= 0.6 is 0 Å². The summed E-state index contributed by atoms with van der Waals surface area (Å²) < 4.78 is 9.31. The number of hydrogen-bond acceptors (Lipinski definition) is 6. The second-order valence-corrected chi connectivity index (χ2v) is 5.35. The molecule has 7 heteroatoms. The first-order chi connectivity index (χ1) is 12.6. The van der Waals surface area contributed by atoms with E-state index in [1.54, 1.807) is 6.07 Å². The quantitative estimate of drug-likeness (QED) is 0.542. The number of nitrogens with zero attached hydrogens (tertiary/aromatic N) is 1. The predicted molar refractivity (Wildman–Crippen MR) is 97.3 cm³/mol. The molecule has 0 radical (unpaired) electrons. The van der Waals surface area contributed by atoms with Crippen molar-refractivity contribution >= 4 is 28.7 Å². The highest BCUT2D eigenvalue weighted by molar-refractivity contribution is 5.99. The number of benzene rings is 2. The predicted octanol–water partition coefficient (Wildman–Crippen LogP) is 2.87. The van der Waals surface area contributed by atoms with Gasteiger partial charge in [0.05, 0.1) is 31.3 Å². The van der Waals surface area contributed by atoms with Gasteiger partial charge in [-0.3, -0.25) is 0 Å². The number of para-hydroxylation sites is 3. The van der Waals surface area contributed by atoms with Crippen LogP contribution < -0.4 is 5.32 Å². The Hall–Kier alpha value is -3.61. The Balaban J connectivity index is 2.02. The van der Waals surface area contributed by atoms with E-state index in [9.17, 15) is 9.59 Å². The fourth-order valence-electron chi connectivity index (χ4n) is 2.46. The summed E-state index contributed by atoms with van der Waals surface area (Å²) in [6, 6.07) is 15.0. The zero-order valence-electron chi connectivity index (χ0n) is 14.3. The summed E-state index contributed by atoms with van der Waals surface area (Å²) in [7, 11) is 2.47. The summed E-state index contributed by atoms with van der Waals surface area (Å²) in [4.78, 5) is 31.3. The SMILES string of the molecule is COC(=O)/C=C(/Nc1ccccc1-c1nc2ccccc2[nH]1)C(=O)OC. The van der Waals surface area contributed by atoms with Gasteiger partial charge in [-0.25, -0.2) is 14.6 Å². The smallest absolute Gasteiger partial charge is 0.354 e. The van der Waals surface area contributed by atoms with E-state index in [1.165, 1.54) is 14.2 Å². The van der Waals surface area contributed by atoms with Gasteiger partial charge < -0.3 is 19.8 Å². The molecule has 7 nitrogen and oxygen atoms in total. The minimum absolute atomic E-state index is 0.0390. The molecule has 0 saturated heterocycles. The number of nitrogens with one attached hydrogen (secondary N) is 2. The first-order valence-corrected chi connectivity index (χ1v) is 7.81. The Labute approximate surface area is 149 Å². The fraction of sp³-hybridized carbons (Fsp3) is 0.105. The third-order valence-electron chi connectivity index (χ3n) is 3.71. The van der Waals surface area contributed by atoms with E-state index in [0.717, 1.165) is 22.7 Å². The number of carbonyl (C=O) groups excluding carboxylic acids is 2. The highest BCUT2D eigenvalue weighted by Gasteiger charge is 2.16. The molecule has 0 amide bonds. The van der Waals surface area contributed by atoms with E-state index in [0.29, 0.717) is 11.5 Å². The molecule has 2 N–H and O–H groups in total. The number of aromatic amines is 1. The van der Waals surface area contributed by atoms with Gasteiger partial charge >= 0.3 is 11.9 Å². The van der Waals surface area contributed by atoms with Crippen molar-refractivity contribution in [2.45, 2.75) is 0 Å². The Kier molecular flexibility index (Phi) is 4.98. The average Bonchev–Trinajstić information content (AvgIpc) is 3.11. The number of esters is 2. The maximum atomic E-state index is 12.0. The standard InChI is InChI=1S/C19H17N3O4/c1-25-17(23)11-16(19(24)26-2)20-13-8-4-3-7-12(13)18-21-14-9-5-6-10-15(14)22-18/h3-11,20H,1-2H3,(H,21,22)/b16-11+. The van der Waals surface area contributed by atoms with E-state index >= 15 is 0 Å². The summed E-state index contributed by atoms with van der Waals surface area (Å²) in [5.41, 5.74) is 3.02. The zero-order valence-corrected chi connectivity index (χ0v) is 14.3. The first kappa shape index (κ1) is 17.2. The van der Waals surface area contributed by atoms with Crippen molar-refractivity contribution in [2.75, 3.05) is 19.5 Å². The molecular formula is C19H17N3O4. The van der Waals surface area contributed by atoms with Gasteiger partial charge in [-0.2, -0.15) is 0 Å². The molecule has 0 bridgehead atoms. The first-order valence-electron chi connectivity index (χ1n) is 7.81. The van der Waals surface area contributed by atoms with Crippen LogP contribution in [0.5, 0.6) is 0 Å². The van der Waals surface area contributed by atoms with Crippen LogP contribution in [0.3, 0.4) is 0 Å². The van der Waals surface area contributed by atoms with Crippen LogP contribution in [0.4, 0.5) is 5.69 Å². The molecule has 132 valence electrons. The Bertz CT molecular complexity index is 958. The van der Waals surface area contributed by atoms with Gasteiger partial charge in [0.1, 0.15) is 11.5 Å². The molecule has 0 unspecified atom stereocenters. The van der Waals surface area contributed by atoms with Crippen molar-refractivity contribution in [3.8, 4) is 11.4 Å². The van der Waals surface area contributed by atoms with Gasteiger partial charge in [0.2, 0.25) is 0 Å². The van der Waals surface area contributed by atoms with Crippen molar-refractivity contribution in [1.82, 2.24) is 9.97 Å². The molecule has 0 aliphatic rings. The third kappa shape index (κ3) is 3.56. The van der Waals surface area contributed by atoms with Crippen LogP contribution in [-0.2, 0) is 19.1 Å². The summed E-state index contributed by atoms with van der Waals surface area (Å²) in [5, 5.41) is 2.93. The van der Waals surface area contributed by atoms with Gasteiger partial charge in [0.15, 0.2) is 0 Å². The maximum Gasteiger partial charge on any atom is 0.354 e. The van der Waals surface area contributed by atoms with Crippen LogP contribution in [0, 0.1) is 0 Å². The molecule has 0 saturated carbocycles. The molecule has 0 aliphatic heterocycles. The van der Waals surface area contributed by atoms with E-state index in [4.69, 9.17) is 4.74 Å². The van der Waals surface area contributed by atoms with E-state index in [2.05, 4.69) is 20.0 Å². The van der Waals surface area contributed by atoms with Crippen molar-refractivity contribution in [3.05, 3.63) is 60.3 Å². The van der Waals surface area contributed by atoms with E-state index < -0.39 is 11.9 Å². The molecule has 26 heavy (non-hydrogen) atoms. The van der Waals surface area contributed by atoms with Crippen LogP contribution in [0.2, 0.25) is 0 Å². The largest absolute Gasteiger partial charge is 0.466 e. The van der Waals surface area contributed by atoms with Crippen LogP contribution in [0.1, 0.15) is 0 Å². The molecule has 1 heterocycles. The number of aromatic nitrogens is 2. The van der Waals surface area contributed by atoms with Crippen molar-refractivity contribution in [1.29, 1.82) is 0 Å². The molecule has 3 rings (SSSR count). The number of rotatable bonds is 5. The second-order valence-electron chi connectivity index (χ2n) is 5.35. The number of anilines is 1. The number of H-pyrrole nitrogens is 1. The van der Waals surface area contributed by atoms with Crippen molar-refractivity contribution < 1.29 is 19.1 Å². The number of imidazole rings is 1. The lowest BCUT2D eigenvalue weighted by atomic mass is 10.1. The van der Waals surface area contributed by atoms with E-state index in [-0.39, 0.29) is 5.70 Å². The molecule has 0 atom stereocenters. The second kappa shape index (κ2) is 7.52. The van der Waals surface area contributed by atoms with Gasteiger partial charge in [0, 0.05) is 11.3 Å². The lowest BCUT2D eigenvalue weighted by Gasteiger charge is -2.12. The summed E-state index contributed by atoms with van der Waals surface area (Å²) in [5.74, 6) is -0.717. The number of hydrogen-bond donors (Lipinski definition) is 2. The Morgan fingerprint density at radius 3 is 2.50 bits per heavy atom. The van der Waals surface area contributed by atoms with Gasteiger partial charge in [-0.15, -0.1) is 0 Å². The molecule has 3 aromatic rings. The summed E-state index contributed by atoms with van der Waals surface area (Å²) in [6.07, 6.45) is 1.04. The summed E-state index contributed by atoms with van der Waals surface area (Å²) in [6.45, 7) is 0. The average molecular weight is 351 g/mol.